The predicted molar refractivity (Wildman–Crippen MR) is 114 cm³/mol. The minimum Gasteiger partial charge on any atom is -0.427 e. The fourth-order valence-electron chi connectivity index (χ4n) is 2.85. The fourth-order valence-corrected chi connectivity index (χ4v) is 3.91. The Kier molecular flexibility index (Phi) is 5.67. The first-order chi connectivity index (χ1) is 14.7. The number of alkyl halides is 3. The third-order valence-corrected chi connectivity index (χ3v) is 5.57. The van der Waals surface area contributed by atoms with E-state index >= 15 is 0 Å². The zero-order valence-corrected chi connectivity index (χ0v) is 18.3. The van der Waals surface area contributed by atoms with Gasteiger partial charge in [0.1, 0.15) is 5.75 Å². The number of rotatable bonds is 4. The summed E-state index contributed by atoms with van der Waals surface area (Å²) in [6.07, 6.45) is -4.58. The molecule has 4 aromatic rings. The molecular formula is C21H13BrF3N3O2S. The molecule has 0 aliphatic carbocycles. The van der Waals surface area contributed by atoms with E-state index in [0.29, 0.717) is 22.1 Å². The lowest BCUT2D eigenvalue weighted by Gasteiger charge is -2.05. The molecule has 0 bridgehead atoms. The monoisotopic (exact) mass is 507 g/mol. The molecule has 0 aliphatic heterocycles. The molecule has 158 valence electrons. The van der Waals surface area contributed by atoms with Crippen molar-refractivity contribution in [2.24, 2.45) is 0 Å². The maximum Gasteiger partial charge on any atom is 0.435 e. The molecule has 31 heavy (non-hydrogen) atoms. The van der Waals surface area contributed by atoms with Gasteiger partial charge in [0.2, 0.25) is 5.13 Å². The van der Waals surface area contributed by atoms with E-state index in [2.05, 4.69) is 26.0 Å². The maximum atomic E-state index is 13.3. The summed E-state index contributed by atoms with van der Waals surface area (Å²) in [5.41, 5.74) is 1.17. The summed E-state index contributed by atoms with van der Waals surface area (Å²) in [6.45, 7) is 1.31. The van der Waals surface area contributed by atoms with Crippen LogP contribution in [0.15, 0.2) is 64.5 Å². The first kappa shape index (κ1) is 21.3. The molecule has 10 heteroatoms. The number of thiazole rings is 1. The lowest BCUT2D eigenvalue weighted by atomic mass is 10.1. The average Bonchev–Trinajstić information content (AvgIpc) is 3.36. The number of ether oxygens (including phenoxy) is 1. The van der Waals surface area contributed by atoms with Gasteiger partial charge in [0.05, 0.1) is 11.4 Å². The van der Waals surface area contributed by atoms with Crippen molar-refractivity contribution in [1.29, 1.82) is 0 Å². The zero-order chi connectivity index (χ0) is 22.2. The predicted octanol–water partition coefficient (Wildman–Crippen LogP) is 6.37. The van der Waals surface area contributed by atoms with Gasteiger partial charge >= 0.3 is 12.1 Å². The van der Waals surface area contributed by atoms with E-state index in [1.807, 2.05) is 0 Å². The molecule has 2 heterocycles. The molecule has 0 saturated carbocycles. The van der Waals surface area contributed by atoms with Gasteiger partial charge in [0, 0.05) is 27.9 Å². The number of halogens is 4. The van der Waals surface area contributed by atoms with Crippen molar-refractivity contribution in [3.05, 3.63) is 70.1 Å². The second kappa shape index (κ2) is 8.27. The minimum atomic E-state index is -4.58. The largest absolute Gasteiger partial charge is 0.435 e. The molecule has 0 saturated heterocycles. The molecule has 0 amide bonds. The summed E-state index contributed by atoms with van der Waals surface area (Å²) in [7, 11) is 0. The normalized spacial score (nSPS) is 11.5. The summed E-state index contributed by atoms with van der Waals surface area (Å²) >= 11 is 4.50. The molecule has 0 fully saturated rings. The van der Waals surface area contributed by atoms with E-state index in [1.54, 1.807) is 53.9 Å². The zero-order valence-electron chi connectivity index (χ0n) is 15.9. The van der Waals surface area contributed by atoms with Crippen molar-refractivity contribution in [2.75, 3.05) is 0 Å². The van der Waals surface area contributed by atoms with Crippen molar-refractivity contribution in [3.63, 3.8) is 0 Å². The Morgan fingerprint density at radius 3 is 2.32 bits per heavy atom. The minimum absolute atomic E-state index is 0.283. The van der Waals surface area contributed by atoms with Crippen LogP contribution in [0.5, 0.6) is 5.75 Å². The summed E-state index contributed by atoms with van der Waals surface area (Å²) in [5, 5.41) is 5.81. The van der Waals surface area contributed by atoms with Crippen molar-refractivity contribution < 1.29 is 22.7 Å². The number of nitrogens with zero attached hydrogens (tertiary/aromatic N) is 3. The number of hydrogen-bond acceptors (Lipinski definition) is 5. The van der Waals surface area contributed by atoms with E-state index < -0.39 is 17.8 Å². The number of hydrogen-bond donors (Lipinski definition) is 0. The lowest BCUT2D eigenvalue weighted by Crippen LogP contribution is -2.07. The molecule has 0 atom stereocenters. The lowest BCUT2D eigenvalue weighted by molar-refractivity contribution is -0.141. The number of carbonyl (C=O) groups excluding carboxylic acids is 1. The molecule has 2 aromatic carbocycles. The summed E-state index contributed by atoms with van der Waals surface area (Å²) in [4.78, 5) is 15.5. The molecule has 0 aliphatic rings. The van der Waals surface area contributed by atoms with Crippen LogP contribution in [0.2, 0.25) is 0 Å². The summed E-state index contributed by atoms with van der Waals surface area (Å²) in [6, 6.07) is 14.6. The highest BCUT2D eigenvalue weighted by Gasteiger charge is 2.35. The molecule has 2 aromatic heterocycles. The number of carbonyl (C=O) groups is 1. The first-order valence-corrected chi connectivity index (χ1v) is 10.6. The second-order valence-electron chi connectivity index (χ2n) is 6.46. The SMILES string of the molecule is CC(=O)Oc1ccc(-c2csc(-n3nc(C(F)(F)F)cc3-c3ccc(Br)cc3)n2)cc1. The van der Waals surface area contributed by atoms with Gasteiger partial charge in [-0.3, -0.25) is 4.79 Å². The van der Waals surface area contributed by atoms with Gasteiger partial charge in [-0.15, -0.1) is 11.3 Å². The van der Waals surface area contributed by atoms with Gasteiger partial charge in [-0.1, -0.05) is 28.1 Å². The van der Waals surface area contributed by atoms with Crippen molar-refractivity contribution >= 4 is 33.2 Å². The average molecular weight is 508 g/mol. The van der Waals surface area contributed by atoms with Crippen LogP contribution in [0, 0.1) is 0 Å². The maximum absolute atomic E-state index is 13.3. The van der Waals surface area contributed by atoms with E-state index in [4.69, 9.17) is 4.74 Å². The number of esters is 1. The highest BCUT2D eigenvalue weighted by atomic mass is 79.9. The smallest absolute Gasteiger partial charge is 0.427 e. The quantitative estimate of drug-likeness (QED) is 0.238. The van der Waals surface area contributed by atoms with Crippen LogP contribution in [-0.4, -0.2) is 20.7 Å². The summed E-state index contributed by atoms with van der Waals surface area (Å²) in [5.74, 6) is -0.0329. The molecule has 0 unspecified atom stereocenters. The Bertz CT molecular complexity index is 1230. The van der Waals surface area contributed by atoms with Gasteiger partial charge in [-0.25, -0.2) is 9.67 Å². The van der Waals surface area contributed by atoms with E-state index in [0.717, 1.165) is 16.1 Å². The number of benzene rings is 2. The molecule has 0 radical (unpaired) electrons. The van der Waals surface area contributed by atoms with Crippen LogP contribution in [0.4, 0.5) is 13.2 Å². The topological polar surface area (TPSA) is 57.0 Å². The third-order valence-electron chi connectivity index (χ3n) is 4.22. The van der Waals surface area contributed by atoms with Crippen molar-refractivity contribution in [1.82, 2.24) is 14.8 Å². The van der Waals surface area contributed by atoms with Crippen LogP contribution in [0.1, 0.15) is 12.6 Å². The Morgan fingerprint density at radius 1 is 1.06 bits per heavy atom. The van der Waals surface area contributed by atoms with Gasteiger partial charge in [-0.05, 0) is 42.5 Å². The molecule has 5 nitrogen and oxygen atoms in total. The van der Waals surface area contributed by atoms with Crippen LogP contribution in [0.3, 0.4) is 0 Å². The Hall–Kier alpha value is -2.98. The Labute approximate surface area is 187 Å². The highest BCUT2D eigenvalue weighted by molar-refractivity contribution is 9.10. The van der Waals surface area contributed by atoms with Crippen LogP contribution in [-0.2, 0) is 11.0 Å². The Morgan fingerprint density at radius 2 is 1.71 bits per heavy atom. The molecular weight excluding hydrogens is 495 g/mol. The fraction of sp³-hybridized carbons (Fsp3) is 0.0952. The van der Waals surface area contributed by atoms with Crippen LogP contribution in [0.25, 0.3) is 27.6 Å². The van der Waals surface area contributed by atoms with E-state index in [-0.39, 0.29) is 5.69 Å². The van der Waals surface area contributed by atoms with Crippen molar-refractivity contribution in [3.8, 4) is 33.4 Å². The van der Waals surface area contributed by atoms with Gasteiger partial charge in [0.15, 0.2) is 5.69 Å². The Balaban J connectivity index is 1.73. The second-order valence-corrected chi connectivity index (χ2v) is 8.22. The molecule has 0 spiro atoms. The van der Waals surface area contributed by atoms with E-state index in [1.165, 1.54) is 22.9 Å². The van der Waals surface area contributed by atoms with Crippen LogP contribution < -0.4 is 4.74 Å². The highest BCUT2D eigenvalue weighted by Crippen LogP contribution is 2.35. The van der Waals surface area contributed by atoms with Crippen molar-refractivity contribution in [2.45, 2.75) is 13.1 Å². The standard InChI is InChI=1S/C21H13BrF3N3O2S/c1-12(29)30-16-8-4-13(5-9-16)17-11-31-20(26-17)28-18(10-19(27-28)21(23,24)25)14-2-6-15(22)7-3-14/h2-11H,1H3. The van der Waals surface area contributed by atoms with Gasteiger partial charge in [0.25, 0.3) is 0 Å². The van der Waals surface area contributed by atoms with Crippen LogP contribution >= 0.6 is 27.3 Å². The number of aromatic nitrogens is 3. The van der Waals surface area contributed by atoms with Gasteiger partial charge < -0.3 is 4.74 Å². The van der Waals surface area contributed by atoms with E-state index in [9.17, 15) is 18.0 Å². The molecule has 4 rings (SSSR count). The first-order valence-electron chi connectivity index (χ1n) is 8.88. The van der Waals surface area contributed by atoms with Gasteiger partial charge in [-0.2, -0.15) is 18.3 Å². The molecule has 0 N–H and O–H groups in total. The third kappa shape index (κ3) is 4.70. The summed E-state index contributed by atoms with van der Waals surface area (Å²) < 4.78 is 47.0.